The summed E-state index contributed by atoms with van der Waals surface area (Å²) in [6, 6.07) is 15.6. The second kappa shape index (κ2) is 11.8. The van der Waals surface area contributed by atoms with E-state index in [-0.39, 0.29) is 18.2 Å². The fourth-order valence-electron chi connectivity index (χ4n) is 3.72. The molecule has 5 aromatic rings. The van der Waals surface area contributed by atoms with Gasteiger partial charge in [0.15, 0.2) is 0 Å². The van der Waals surface area contributed by atoms with E-state index < -0.39 is 9.84 Å². The topological polar surface area (TPSA) is 119 Å². The number of nitrogens with one attached hydrogen (secondary N) is 2. The van der Waals surface area contributed by atoms with Crippen LogP contribution in [0.15, 0.2) is 73.3 Å². The first-order valence-electron chi connectivity index (χ1n) is 12.0. The molecule has 0 spiro atoms. The third-order valence-corrected chi connectivity index (χ3v) is 7.62. The van der Waals surface area contributed by atoms with Crippen molar-refractivity contribution in [1.82, 2.24) is 25.3 Å². The average Bonchev–Trinajstić information content (AvgIpc) is 3.39. The maximum Gasteiger partial charge on any atom is 0.148 e. The van der Waals surface area contributed by atoms with E-state index in [1.54, 1.807) is 18.5 Å². The molecule has 39 heavy (non-hydrogen) atoms. The van der Waals surface area contributed by atoms with E-state index in [4.69, 9.17) is 4.74 Å². The van der Waals surface area contributed by atoms with Crippen LogP contribution in [-0.4, -0.2) is 46.9 Å². The van der Waals surface area contributed by atoms with Gasteiger partial charge < -0.3 is 15.4 Å². The van der Waals surface area contributed by atoms with E-state index in [1.165, 1.54) is 36.1 Å². The lowest BCUT2D eigenvalue weighted by Crippen LogP contribution is -2.21. The van der Waals surface area contributed by atoms with Crippen molar-refractivity contribution < 1.29 is 17.5 Å². The lowest BCUT2D eigenvalue weighted by molar-refractivity contribution is 0.305. The first kappa shape index (κ1) is 26.6. The summed E-state index contributed by atoms with van der Waals surface area (Å²) < 4.78 is 41.7. The number of hydrogen-bond donors (Lipinski definition) is 2. The van der Waals surface area contributed by atoms with Gasteiger partial charge in [0.25, 0.3) is 0 Å². The molecule has 200 valence electrons. The molecule has 0 atom stereocenters. The zero-order valence-electron chi connectivity index (χ0n) is 21.0. The minimum Gasteiger partial charge on any atom is -0.489 e. The monoisotopic (exact) mass is 564 g/mol. The van der Waals surface area contributed by atoms with Gasteiger partial charge in [-0.3, -0.25) is 4.98 Å². The highest BCUT2D eigenvalue weighted by Gasteiger charge is 2.11. The van der Waals surface area contributed by atoms with Crippen molar-refractivity contribution in [1.29, 1.82) is 0 Å². The molecular weight excluding hydrogens is 539 g/mol. The first-order valence-corrected chi connectivity index (χ1v) is 14.9. The van der Waals surface area contributed by atoms with Crippen molar-refractivity contribution in [2.24, 2.45) is 0 Å². The van der Waals surface area contributed by atoms with E-state index in [9.17, 15) is 12.8 Å². The summed E-state index contributed by atoms with van der Waals surface area (Å²) in [4.78, 5) is 18.7. The minimum absolute atomic E-state index is 0.0886. The molecule has 0 radical (unpaired) electrons. The molecule has 0 amide bonds. The van der Waals surface area contributed by atoms with Crippen LogP contribution in [0.1, 0.15) is 10.4 Å². The van der Waals surface area contributed by atoms with Gasteiger partial charge in [0.2, 0.25) is 0 Å². The van der Waals surface area contributed by atoms with Gasteiger partial charge in [0, 0.05) is 41.5 Å². The summed E-state index contributed by atoms with van der Waals surface area (Å²) in [5, 5.41) is 7.98. The summed E-state index contributed by atoms with van der Waals surface area (Å²) in [6.07, 6.45) is 6.15. The molecule has 0 fully saturated rings. The Morgan fingerprint density at radius 3 is 2.64 bits per heavy atom. The molecule has 9 nitrogen and oxygen atoms in total. The van der Waals surface area contributed by atoms with Gasteiger partial charge in [0.1, 0.15) is 45.2 Å². The van der Waals surface area contributed by atoms with Crippen LogP contribution >= 0.6 is 11.3 Å². The highest BCUT2D eigenvalue weighted by Crippen LogP contribution is 2.29. The Bertz CT molecular complexity index is 1690. The Morgan fingerprint density at radius 1 is 1.00 bits per heavy atom. The predicted octanol–water partition coefficient (Wildman–Crippen LogP) is 4.74. The van der Waals surface area contributed by atoms with Crippen molar-refractivity contribution in [2.45, 2.75) is 13.2 Å². The van der Waals surface area contributed by atoms with Crippen LogP contribution in [0, 0.1) is 5.82 Å². The van der Waals surface area contributed by atoms with Gasteiger partial charge in [0.05, 0.1) is 23.2 Å². The van der Waals surface area contributed by atoms with Crippen molar-refractivity contribution in [3.8, 4) is 16.5 Å². The Hall–Kier alpha value is -4.00. The number of ether oxygens (including phenoxy) is 1. The number of thiazole rings is 1. The fraction of sp³-hybridized carbons (Fsp3) is 0.185. The molecule has 2 aromatic carbocycles. The normalized spacial score (nSPS) is 11.5. The third-order valence-electron chi connectivity index (χ3n) is 5.65. The van der Waals surface area contributed by atoms with Gasteiger partial charge in [-0.25, -0.2) is 27.8 Å². The first-order chi connectivity index (χ1) is 18.8. The number of halogens is 1. The maximum absolute atomic E-state index is 13.4. The fourth-order valence-corrected chi connectivity index (χ4v) is 5.08. The molecule has 0 unspecified atom stereocenters. The molecule has 0 saturated heterocycles. The molecule has 0 aliphatic rings. The molecule has 5 rings (SSSR count). The lowest BCUT2D eigenvalue weighted by Gasteiger charge is -2.10. The maximum atomic E-state index is 13.4. The highest BCUT2D eigenvalue weighted by atomic mass is 32.2. The molecule has 2 N–H and O–H groups in total. The number of fused-ring (bicyclic) bond motifs is 1. The SMILES string of the molecule is CS(=O)(=O)CCNCc1cnc(-c2cc3c(Nc4ccc(OCc5cccc(F)c5)cc4)ncnc3cn2)s1. The number of pyridine rings is 1. The molecule has 0 aliphatic carbocycles. The number of hydrogen-bond acceptors (Lipinski definition) is 10. The van der Waals surface area contributed by atoms with Gasteiger partial charge in [-0.2, -0.15) is 0 Å². The second-order valence-corrected chi connectivity index (χ2v) is 12.2. The number of anilines is 2. The van der Waals surface area contributed by atoms with Gasteiger partial charge in [-0.1, -0.05) is 12.1 Å². The van der Waals surface area contributed by atoms with Crippen LogP contribution in [0.2, 0.25) is 0 Å². The standard InChI is InChI=1S/C27H25FN6O3S2/c1-39(35,36)10-9-29-13-22-14-31-27(38-22)24-12-23-25(15-30-24)32-17-33-26(23)34-20-5-7-21(8-6-20)37-16-18-3-2-4-19(28)11-18/h2-8,11-12,14-15,17,29H,9-10,13,16H2,1H3,(H,32,33,34). The Balaban J connectivity index is 1.26. The second-order valence-electron chi connectivity index (χ2n) is 8.82. The van der Waals surface area contributed by atoms with Crippen molar-refractivity contribution in [2.75, 3.05) is 23.9 Å². The lowest BCUT2D eigenvalue weighted by atomic mass is 10.2. The number of benzene rings is 2. The minimum atomic E-state index is -3.00. The Morgan fingerprint density at radius 2 is 1.85 bits per heavy atom. The van der Waals surface area contributed by atoms with E-state index in [0.717, 1.165) is 26.5 Å². The molecule has 0 bridgehead atoms. The van der Waals surface area contributed by atoms with E-state index >= 15 is 0 Å². The van der Waals surface area contributed by atoms with E-state index in [2.05, 4.69) is 30.6 Å². The zero-order chi connectivity index (χ0) is 27.2. The molecule has 0 saturated carbocycles. The van der Waals surface area contributed by atoms with Crippen LogP contribution in [0.25, 0.3) is 21.6 Å². The summed E-state index contributed by atoms with van der Waals surface area (Å²) in [5.41, 5.74) is 2.94. The van der Waals surface area contributed by atoms with Gasteiger partial charge >= 0.3 is 0 Å². The molecule has 0 aliphatic heterocycles. The van der Waals surface area contributed by atoms with E-state index in [0.29, 0.717) is 35.9 Å². The third kappa shape index (κ3) is 7.31. The molecule has 3 heterocycles. The number of rotatable bonds is 11. The molecule has 3 aromatic heterocycles. The van der Waals surface area contributed by atoms with E-state index in [1.807, 2.05) is 36.4 Å². The van der Waals surface area contributed by atoms with Crippen LogP contribution in [0.5, 0.6) is 5.75 Å². The zero-order valence-corrected chi connectivity index (χ0v) is 22.6. The van der Waals surface area contributed by atoms with Crippen LogP contribution in [0.3, 0.4) is 0 Å². The smallest absolute Gasteiger partial charge is 0.148 e. The van der Waals surface area contributed by atoms with Gasteiger partial charge in [-0.05, 0) is 48.0 Å². The van der Waals surface area contributed by atoms with Crippen molar-refractivity contribution in [3.05, 3.63) is 89.6 Å². The van der Waals surface area contributed by atoms with Crippen LogP contribution in [-0.2, 0) is 23.0 Å². The Labute approximate surface area is 229 Å². The molecular formula is C27H25FN6O3S2. The quantitative estimate of drug-likeness (QED) is 0.219. The predicted molar refractivity (Wildman–Crippen MR) is 150 cm³/mol. The summed E-state index contributed by atoms with van der Waals surface area (Å²) >= 11 is 1.49. The van der Waals surface area contributed by atoms with Crippen molar-refractivity contribution >= 4 is 43.6 Å². The average molecular weight is 565 g/mol. The molecule has 12 heteroatoms. The number of sulfone groups is 1. The van der Waals surface area contributed by atoms with Crippen LogP contribution in [0.4, 0.5) is 15.9 Å². The van der Waals surface area contributed by atoms with Crippen molar-refractivity contribution in [3.63, 3.8) is 0 Å². The number of nitrogens with zero attached hydrogens (tertiary/aromatic N) is 4. The Kier molecular flexibility index (Phi) is 8.05. The number of aromatic nitrogens is 4. The highest BCUT2D eigenvalue weighted by molar-refractivity contribution is 7.90. The summed E-state index contributed by atoms with van der Waals surface area (Å²) in [5.74, 6) is 1.08. The summed E-state index contributed by atoms with van der Waals surface area (Å²) in [7, 11) is -3.00. The summed E-state index contributed by atoms with van der Waals surface area (Å²) in [6.45, 7) is 1.18. The largest absolute Gasteiger partial charge is 0.489 e. The van der Waals surface area contributed by atoms with Gasteiger partial charge in [-0.15, -0.1) is 11.3 Å². The van der Waals surface area contributed by atoms with Crippen LogP contribution < -0.4 is 15.4 Å².